The first-order valence-corrected chi connectivity index (χ1v) is 9.06. The van der Waals surface area contributed by atoms with Crippen LogP contribution in [0.4, 0.5) is 8.78 Å². The molecule has 1 aliphatic heterocycles. The highest BCUT2D eigenvalue weighted by atomic mass is 32.2. The molecule has 3 rings (SSSR count). The normalized spacial score (nSPS) is 23.9. The maximum Gasteiger partial charge on any atom is 0.264 e. The van der Waals surface area contributed by atoms with E-state index in [4.69, 9.17) is 14.0 Å². The lowest BCUT2D eigenvalue weighted by atomic mass is 10.0. The third kappa shape index (κ3) is 4.21. The van der Waals surface area contributed by atoms with Gasteiger partial charge in [0.25, 0.3) is 10.1 Å². The van der Waals surface area contributed by atoms with Crippen LogP contribution in [0.15, 0.2) is 36.9 Å². The summed E-state index contributed by atoms with van der Waals surface area (Å²) >= 11 is 0. The zero-order chi connectivity index (χ0) is 18.1. The summed E-state index contributed by atoms with van der Waals surface area (Å²) in [5.41, 5.74) is -0.00282. The van der Waals surface area contributed by atoms with E-state index in [1.165, 1.54) is 18.6 Å². The molecule has 1 aromatic carbocycles. The molecule has 7 nitrogen and oxygen atoms in total. The standard InChI is InChI=1S/C15H16F2N2O5S/c16-11-1-2-13(14(17)7-11)15(9-19-5-4-18-10-19)23-8-12(24-15)3-6-25(20,21)22/h1-2,4-5,7,10,12H,3,6,8-9H2,(H,20,21,22). The van der Waals surface area contributed by atoms with Gasteiger partial charge in [-0.25, -0.2) is 13.8 Å². The number of hydrogen-bond acceptors (Lipinski definition) is 5. The van der Waals surface area contributed by atoms with Gasteiger partial charge in [-0.05, 0) is 18.6 Å². The van der Waals surface area contributed by atoms with Crippen molar-refractivity contribution >= 4 is 10.1 Å². The van der Waals surface area contributed by atoms with Gasteiger partial charge in [0, 0.05) is 24.0 Å². The molecule has 0 bridgehead atoms. The molecule has 1 aromatic heterocycles. The van der Waals surface area contributed by atoms with Crippen LogP contribution in [0, 0.1) is 11.6 Å². The van der Waals surface area contributed by atoms with Crippen molar-refractivity contribution in [3.05, 3.63) is 54.1 Å². The molecule has 0 radical (unpaired) electrons. The van der Waals surface area contributed by atoms with Crippen molar-refractivity contribution in [2.24, 2.45) is 0 Å². The zero-order valence-electron chi connectivity index (χ0n) is 13.0. The van der Waals surface area contributed by atoms with E-state index in [1.807, 2.05) is 0 Å². The monoisotopic (exact) mass is 374 g/mol. The number of benzene rings is 1. The summed E-state index contributed by atoms with van der Waals surface area (Å²) in [7, 11) is -4.15. The zero-order valence-corrected chi connectivity index (χ0v) is 13.8. The topological polar surface area (TPSA) is 90.7 Å². The number of aromatic nitrogens is 2. The largest absolute Gasteiger partial charge is 0.342 e. The molecule has 0 amide bonds. The van der Waals surface area contributed by atoms with Crippen LogP contribution < -0.4 is 0 Å². The van der Waals surface area contributed by atoms with Gasteiger partial charge in [-0.1, -0.05) is 0 Å². The first-order valence-electron chi connectivity index (χ1n) is 7.46. The summed E-state index contributed by atoms with van der Waals surface area (Å²) < 4.78 is 71.4. The van der Waals surface area contributed by atoms with E-state index in [0.717, 1.165) is 12.1 Å². The van der Waals surface area contributed by atoms with Gasteiger partial charge in [0.15, 0.2) is 0 Å². The smallest absolute Gasteiger partial charge is 0.264 e. The van der Waals surface area contributed by atoms with E-state index in [0.29, 0.717) is 0 Å². The molecule has 25 heavy (non-hydrogen) atoms. The third-order valence-corrected chi connectivity index (χ3v) is 4.60. The molecular formula is C15H16F2N2O5S. The number of rotatable bonds is 6. The molecule has 0 saturated carbocycles. The van der Waals surface area contributed by atoms with Crippen molar-refractivity contribution in [1.29, 1.82) is 0 Å². The summed E-state index contributed by atoms with van der Waals surface area (Å²) in [6.07, 6.45) is 3.95. The minimum Gasteiger partial charge on any atom is -0.342 e. The Bertz CT molecular complexity index is 844. The third-order valence-electron chi connectivity index (χ3n) is 3.85. The van der Waals surface area contributed by atoms with Gasteiger partial charge in [-0.3, -0.25) is 4.55 Å². The molecule has 2 unspecified atom stereocenters. The summed E-state index contributed by atoms with van der Waals surface area (Å²) in [4.78, 5) is 3.90. The molecule has 2 aromatic rings. The summed E-state index contributed by atoms with van der Waals surface area (Å²) in [6.45, 7) is 0.0406. The molecule has 136 valence electrons. The fraction of sp³-hybridized carbons (Fsp3) is 0.400. The molecule has 1 N–H and O–H groups in total. The first-order chi connectivity index (χ1) is 11.8. The van der Waals surface area contributed by atoms with Crippen molar-refractivity contribution in [3.63, 3.8) is 0 Å². The Morgan fingerprint density at radius 3 is 2.84 bits per heavy atom. The second kappa shape index (κ2) is 6.79. The van der Waals surface area contributed by atoms with Gasteiger partial charge in [0.05, 0.1) is 31.3 Å². The van der Waals surface area contributed by atoms with Gasteiger partial charge in [0.1, 0.15) is 11.6 Å². The fourth-order valence-electron chi connectivity index (χ4n) is 2.72. The molecule has 10 heteroatoms. The summed E-state index contributed by atoms with van der Waals surface area (Å²) in [5, 5.41) is 0. The Kier molecular flexibility index (Phi) is 4.87. The molecule has 2 atom stereocenters. The minimum atomic E-state index is -4.15. The van der Waals surface area contributed by atoms with Crippen LogP contribution in [-0.2, 0) is 31.9 Å². The predicted molar refractivity (Wildman–Crippen MR) is 82.1 cm³/mol. The fourth-order valence-corrected chi connectivity index (χ4v) is 3.28. The number of hydrogen-bond donors (Lipinski definition) is 1. The lowest BCUT2D eigenvalue weighted by Crippen LogP contribution is -2.34. The quantitative estimate of drug-likeness (QED) is 0.774. The summed E-state index contributed by atoms with van der Waals surface area (Å²) in [5.74, 6) is -3.63. The van der Waals surface area contributed by atoms with Crippen LogP contribution in [0.25, 0.3) is 0 Å². The van der Waals surface area contributed by atoms with Gasteiger partial charge in [-0.15, -0.1) is 0 Å². The summed E-state index contributed by atoms with van der Waals surface area (Å²) in [6, 6.07) is 3.04. The van der Waals surface area contributed by atoms with Crippen molar-refractivity contribution in [2.45, 2.75) is 24.9 Å². The Morgan fingerprint density at radius 2 is 2.20 bits per heavy atom. The van der Waals surface area contributed by atoms with Crippen molar-refractivity contribution in [2.75, 3.05) is 12.4 Å². The lowest BCUT2D eigenvalue weighted by Gasteiger charge is -2.29. The van der Waals surface area contributed by atoms with Crippen LogP contribution in [0.2, 0.25) is 0 Å². The second-order valence-electron chi connectivity index (χ2n) is 5.74. The SMILES string of the molecule is O=S(=O)(O)CCC1COC(Cn2ccnc2)(c2ccc(F)cc2F)O1. The van der Waals surface area contributed by atoms with Crippen LogP contribution >= 0.6 is 0 Å². The Balaban J connectivity index is 1.88. The number of halogens is 2. The molecule has 1 fully saturated rings. The van der Waals surface area contributed by atoms with E-state index in [2.05, 4.69) is 4.98 Å². The lowest BCUT2D eigenvalue weighted by molar-refractivity contribution is -0.189. The van der Waals surface area contributed by atoms with E-state index < -0.39 is 39.4 Å². The second-order valence-corrected chi connectivity index (χ2v) is 7.31. The molecule has 0 aliphatic carbocycles. The Morgan fingerprint density at radius 1 is 1.40 bits per heavy atom. The molecule has 0 spiro atoms. The highest BCUT2D eigenvalue weighted by Gasteiger charge is 2.45. The maximum atomic E-state index is 14.3. The Labute approximate surface area is 142 Å². The molecule has 1 aliphatic rings. The molecule has 1 saturated heterocycles. The van der Waals surface area contributed by atoms with Crippen LogP contribution in [0.3, 0.4) is 0 Å². The highest BCUT2D eigenvalue weighted by molar-refractivity contribution is 7.85. The van der Waals surface area contributed by atoms with E-state index >= 15 is 0 Å². The average Bonchev–Trinajstić information content (AvgIpc) is 3.15. The highest BCUT2D eigenvalue weighted by Crippen LogP contribution is 2.38. The molecule has 2 heterocycles. The van der Waals surface area contributed by atoms with E-state index in [-0.39, 0.29) is 25.1 Å². The van der Waals surface area contributed by atoms with Gasteiger partial charge in [-0.2, -0.15) is 8.42 Å². The van der Waals surface area contributed by atoms with E-state index in [9.17, 15) is 17.2 Å². The van der Waals surface area contributed by atoms with Crippen molar-refractivity contribution in [3.8, 4) is 0 Å². The number of ether oxygens (including phenoxy) is 2. The maximum absolute atomic E-state index is 14.3. The molecular weight excluding hydrogens is 358 g/mol. The van der Waals surface area contributed by atoms with Crippen LogP contribution in [-0.4, -0.2) is 41.0 Å². The van der Waals surface area contributed by atoms with Gasteiger partial charge < -0.3 is 14.0 Å². The van der Waals surface area contributed by atoms with E-state index in [1.54, 1.807) is 10.8 Å². The van der Waals surface area contributed by atoms with Crippen LogP contribution in [0.1, 0.15) is 12.0 Å². The first kappa shape index (κ1) is 17.9. The van der Waals surface area contributed by atoms with Gasteiger partial charge in [0.2, 0.25) is 5.79 Å². The Hall–Kier alpha value is -1.88. The van der Waals surface area contributed by atoms with Crippen molar-refractivity contribution in [1.82, 2.24) is 9.55 Å². The number of nitrogens with zero attached hydrogens (tertiary/aromatic N) is 2. The van der Waals surface area contributed by atoms with Crippen LogP contribution in [0.5, 0.6) is 0 Å². The number of imidazole rings is 1. The van der Waals surface area contributed by atoms with Gasteiger partial charge >= 0.3 is 0 Å². The minimum absolute atomic E-state index is 0.00103. The predicted octanol–water partition coefficient (Wildman–Crippen LogP) is 1.71. The average molecular weight is 374 g/mol. The van der Waals surface area contributed by atoms with Crippen molar-refractivity contribution < 1.29 is 31.2 Å².